The summed E-state index contributed by atoms with van der Waals surface area (Å²) >= 11 is 0. The monoisotopic (exact) mass is 225 g/mol. The van der Waals surface area contributed by atoms with Crippen molar-refractivity contribution in [2.45, 2.75) is 12.6 Å². The lowest BCUT2D eigenvalue weighted by Crippen LogP contribution is -2.07. The fourth-order valence-corrected chi connectivity index (χ4v) is 1.07. The third-order valence-corrected chi connectivity index (χ3v) is 1.69. The van der Waals surface area contributed by atoms with E-state index in [1.54, 1.807) is 6.07 Å². The molecular formula is C9H11ClF3N. The fourth-order valence-electron chi connectivity index (χ4n) is 1.07. The quantitative estimate of drug-likeness (QED) is 0.823. The molecule has 0 fully saturated rings. The third-order valence-electron chi connectivity index (χ3n) is 1.69. The predicted molar refractivity (Wildman–Crippen MR) is 51.5 cm³/mol. The van der Waals surface area contributed by atoms with Gasteiger partial charge in [0.15, 0.2) is 0 Å². The Labute approximate surface area is 86.5 Å². The maximum absolute atomic E-state index is 12.2. The SMILES string of the molecule is Cl.NCCc1cccc(C(F)(F)F)c1. The van der Waals surface area contributed by atoms with Crippen molar-refractivity contribution < 1.29 is 13.2 Å². The van der Waals surface area contributed by atoms with E-state index in [0.717, 1.165) is 12.1 Å². The molecule has 0 bridgehead atoms. The minimum absolute atomic E-state index is 0. The summed E-state index contributed by atoms with van der Waals surface area (Å²) in [5.41, 5.74) is 5.25. The molecule has 0 heterocycles. The summed E-state index contributed by atoms with van der Waals surface area (Å²) in [6, 6.07) is 5.22. The molecule has 0 saturated carbocycles. The van der Waals surface area contributed by atoms with E-state index in [2.05, 4.69) is 0 Å². The zero-order valence-electron chi connectivity index (χ0n) is 7.34. The zero-order valence-corrected chi connectivity index (χ0v) is 8.16. The van der Waals surface area contributed by atoms with Crippen molar-refractivity contribution in [3.05, 3.63) is 35.4 Å². The van der Waals surface area contributed by atoms with Gasteiger partial charge in [-0.15, -0.1) is 12.4 Å². The van der Waals surface area contributed by atoms with Crippen LogP contribution in [0.2, 0.25) is 0 Å². The van der Waals surface area contributed by atoms with Crippen LogP contribution < -0.4 is 5.73 Å². The number of nitrogens with two attached hydrogens (primary N) is 1. The van der Waals surface area contributed by atoms with Crippen LogP contribution in [0.5, 0.6) is 0 Å². The Kier molecular flexibility index (Phi) is 4.94. The molecule has 0 radical (unpaired) electrons. The topological polar surface area (TPSA) is 26.0 Å². The van der Waals surface area contributed by atoms with Gasteiger partial charge >= 0.3 is 6.18 Å². The summed E-state index contributed by atoms with van der Waals surface area (Å²) in [6.07, 6.45) is -3.78. The summed E-state index contributed by atoms with van der Waals surface area (Å²) in [7, 11) is 0. The van der Waals surface area contributed by atoms with Crippen LogP contribution in [0.25, 0.3) is 0 Å². The van der Waals surface area contributed by atoms with Gasteiger partial charge in [0.2, 0.25) is 0 Å². The maximum atomic E-state index is 12.2. The summed E-state index contributed by atoms with van der Waals surface area (Å²) in [5.74, 6) is 0. The molecule has 1 aromatic rings. The van der Waals surface area contributed by atoms with Crippen LogP contribution in [0.15, 0.2) is 24.3 Å². The van der Waals surface area contributed by atoms with Gasteiger partial charge in [-0.1, -0.05) is 18.2 Å². The molecule has 1 aromatic carbocycles. The van der Waals surface area contributed by atoms with Crippen molar-refractivity contribution >= 4 is 12.4 Å². The predicted octanol–water partition coefficient (Wildman–Crippen LogP) is 2.63. The third kappa shape index (κ3) is 3.55. The molecule has 0 unspecified atom stereocenters. The Bertz CT molecular complexity index is 286. The fraction of sp³-hybridized carbons (Fsp3) is 0.333. The van der Waals surface area contributed by atoms with Gasteiger partial charge in [0.1, 0.15) is 0 Å². The van der Waals surface area contributed by atoms with Crippen molar-refractivity contribution in [1.82, 2.24) is 0 Å². The van der Waals surface area contributed by atoms with Crippen LogP contribution >= 0.6 is 12.4 Å². The van der Waals surface area contributed by atoms with Gasteiger partial charge in [-0.2, -0.15) is 13.2 Å². The molecule has 0 spiro atoms. The summed E-state index contributed by atoms with van der Waals surface area (Å²) < 4.78 is 36.5. The average Bonchev–Trinajstić information content (AvgIpc) is 2.04. The molecule has 0 saturated heterocycles. The number of benzene rings is 1. The number of alkyl halides is 3. The van der Waals surface area contributed by atoms with Crippen LogP contribution in [-0.2, 0) is 12.6 Å². The first-order valence-electron chi connectivity index (χ1n) is 3.90. The molecular weight excluding hydrogens is 215 g/mol. The minimum atomic E-state index is -4.26. The first-order valence-corrected chi connectivity index (χ1v) is 3.90. The molecule has 1 rings (SSSR count). The largest absolute Gasteiger partial charge is 0.416 e. The second-order valence-corrected chi connectivity index (χ2v) is 2.74. The van der Waals surface area contributed by atoms with Crippen LogP contribution in [-0.4, -0.2) is 6.54 Å². The van der Waals surface area contributed by atoms with E-state index < -0.39 is 11.7 Å². The highest BCUT2D eigenvalue weighted by molar-refractivity contribution is 5.85. The van der Waals surface area contributed by atoms with E-state index in [4.69, 9.17) is 5.73 Å². The molecule has 0 aromatic heterocycles. The van der Waals surface area contributed by atoms with Gasteiger partial charge < -0.3 is 5.73 Å². The van der Waals surface area contributed by atoms with Gasteiger partial charge in [0, 0.05) is 0 Å². The molecule has 0 amide bonds. The van der Waals surface area contributed by atoms with E-state index in [1.807, 2.05) is 0 Å². The molecule has 80 valence electrons. The minimum Gasteiger partial charge on any atom is -0.330 e. The van der Waals surface area contributed by atoms with Crippen molar-refractivity contribution in [3.8, 4) is 0 Å². The van der Waals surface area contributed by atoms with E-state index in [9.17, 15) is 13.2 Å². The highest BCUT2D eigenvalue weighted by atomic mass is 35.5. The van der Waals surface area contributed by atoms with Crippen molar-refractivity contribution in [2.75, 3.05) is 6.54 Å². The Morgan fingerprint density at radius 2 is 1.86 bits per heavy atom. The van der Waals surface area contributed by atoms with Crippen molar-refractivity contribution in [3.63, 3.8) is 0 Å². The van der Waals surface area contributed by atoms with Crippen LogP contribution in [0, 0.1) is 0 Å². The summed E-state index contributed by atoms with van der Waals surface area (Å²) in [5, 5.41) is 0. The van der Waals surface area contributed by atoms with Gasteiger partial charge in [-0.05, 0) is 24.6 Å². The molecule has 0 aliphatic heterocycles. The van der Waals surface area contributed by atoms with E-state index >= 15 is 0 Å². The van der Waals surface area contributed by atoms with Gasteiger partial charge in [0.05, 0.1) is 5.56 Å². The molecule has 0 atom stereocenters. The molecule has 14 heavy (non-hydrogen) atoms. The average molecular weight is 226 g/mol. The van der Waals surface area contributed by atoms with E-state index in [-0.39, 0.29) is 12.4 Å². The molecule has 0 aliphatic rings. The zero-order chi connectivity index (χ0) is 9.90. The Morgan fingerprint density at radius 3 is 2.36 bits per heavy atom. The number of rotatable bonds is 2. The van der Waals surface area contributed by atoms with Crippen LogP contribution in [0.1, 0.15) is 11.1 Å². The highest BCUT2D eigenvalue weighted by Gasteiger charge is 2.30. The second-order valence-electron chi connectivity index (χ2n) is 2.74. The second kappa shape index (κ2) is 5.22. The molecule has 0 aliphatic carbocycles. The lowest BCUT2D eigenvalue weighted by atomic mass is 10.1. The molecule has 2 N–H and O–H groups in total. The number of halogens is 4. The first kappa shape index (κ1) is 13.3. The van der Waals surface area contributed by atoms with Crippen molar-refractivity contribution in [2.24, 2.45) is 5.73 Å². The lowest BCUT2D eigenvalue weighted by molar-refractivity contribution is -0.137. The number of hydrogen-bond donors (Lipinski definition) is 1. The summed E-state index contributed by atoms with van der Waals surface area (Å²) in [6.45, 7) is 0.362. The first-order chi connectivity index (χ1) is 6.04. The van der Waals surface area contributed by atoms with Crippen molar-refractivity contribution in [1.29, 1.82) is 0 Å². The van der Waals surface area contributed by atoms with Gasteiger partial charge in [0.25, 0.3) is 0 Å². The smallest absolute Gasteiger partial charge is 0.330 e. The van der Waals surface area contributed by atoms with E-state index in [0.29, 0.717) is 18.5 Å². The van der Waals surface area contributed by atoms with Crippen LogP contribution in [0.3, 0.4) is 0 Å². The molecule has 1 nitrogen and oxygen atoms in total. The Balaban J connectivity index is 0.00000169. The number of hydrogen-bond acceptors (Lipinski definition) is 1. The van der Waals surface area contributed by atoms with Gasteiger partial charge in [-0.25, -0.2) is 0 Å². The van der Waals surface area contributed by atoms with Gasteiger partial charge in [-0.3, -0.25) is 0 Å². The highest BCUT2D eigenvalue weighted by Crippen LogP contribution is 2.29. The van der Waals surface area contributed by atoms with E-state index in [1.165, 1.54) is 6.07 Å². The summed E-state index contributed by atoms with van der Waals surface area (Å²) in [4.78, 5) is 0. The Morgan fingerprint density at radius 1 is 1.21 bits per heavy atom. The maximum Gasteiger partial charge on any atom is 0.416 e. The molecule has 5 heteroatoms. The Hall–Kier alpha value is -0.740. The lowest BCUT2D eigenvalue weighted by Gasteiger charge is -2.07. The van der Waals surface area contributed by atoms with Crippen LogP contribution in [0.4, 0.5) is 13.2 Å². The standard InChI is InChI=1S/C9H10F3N.ClH/c10-9(11,12)8-3-1-2-7(6-8)4-5-13;/h1-3,6H,4-5,13H2;1H. The normalized spacial score (nSPS) is 10.9.